The molecule has 18 heavy (non-hydrogen) atoms. The average molecular weight is 242 g/mol. The van der Waals surface area contributed by atoms with E-state index >= 15 is 0 Å². The third-order valence-corrected chi connectivity index (χ3v) is 3.68. The zero-order valence-electron chi connectivity index (χ0n) is 10.6. The molecule has 0 spiro atoms. The summed E-state index contributed by atoms with van der Waals surface area (Å²) in [5, 5.41) is 3.53. The molecule has 3 heteroatoms. The van der Waals surface area contributed by atoms with E-state index in [-0.39, 0.29) is 6.04 Å². The summed E-state index contributed by atoms with van der Waals surface area (Å²) in [4.78, 5) is 4.57. The van der Waals surface area contributed by atoms with Crippen molar-refractivity contribution in [2.45, 2.75) is 31.7 Å². The van der Waals surface area contributed by atoms with Crippen LogP contribution in [0.25, 0.3) is 0 Å². The zero-order valence-corrected chi connectivity index (χ0v) is 10.6. The molecule has 0 amide bonds. The van der Waals surface area contributed by atoms with Crippen LogP contribution in [-0.4, -0.2) is 11.5 Å². The van der Waals surface area contributed by atoms with Crippen LogP contribution >= 0.6 is 0 Å². The van der Waals surface area contributed by atoms with Gasteiger partial charge in [-0.25, -0.2) is 0 Å². The number of nitrogens with zero attached hydrogens (tertiary/aromatic N) is 1. The fourth-order valence-electron chi connectivity index (χ4n) is 2.90. The Balaban J connectivity index is 1.93. The molecule has 2 aromatic rings. The highest BCUT2D eigenvalue weighted by molar-refractivity contribution is 5.31. The molecule has 0 aromatic carbocycles. The number of rotatable bonds is 4. The monoisotopic (exact) mass is 242 g/mol. The van der Waals surface area contributed by atoms with Gasteiger partial charge in [0.25, 0.3) is 0 Å². The lowest BCUT2D eigenvalue weighted by molar-refractivity contribution is 0.365. The second-order valence-electron chi connectivity index (χ2n) is 4.74. The highest BCUT2D eigenvalue weighted by Gasteiger charge is 2.32. The summed E-state index contributed by atoms with van der Waals surface area (Å²) in [6.07, 6.45) is 5.90. The first-order valence-electron chi connectivity index (χ1n) is 6.60. The molecule has 94 valence electrons. The SMILES string of the molecule is CCNC(c1ccco1)C1CCc2cccnc21. The van der Waals surface area contributed by atoms with Gasteiger partial charge in [-0.05, 0) is 43.1 Å². The van der Waals surface area contributed by atoms with Gasteiger partial charge >= 0.3 is 0 Å². The predicted octanol–water partition coefficient (Wildman–Crippen LogP) is 3.06. The third-order valence-electron chi connectivity index (χ3n) is 3.68. The van der Waals surface area contributed by atoms with Gasteiger partial charge in [0.1, 0.15) is 5.76 Å². The van der Waals surface area contributed by atoms with Crippen LogP contribution in [0, 0.1) is 0 Å². The van der Waals surface area contributed by atoms with E-state index < -0.39 is 0 Å². The van der Waals surface area contributed by atoms with Crippen molar-refractivity contribution in [1.82, 2.24) is 10.3 Å². The van der Waals surface area contributed by atoms with E-state index in [1.54, 1.807) is 6.26 Å². The number of furan rings is 1. The summed E-state index contributed by atoms with van der Waals surface area (Å²) in [7, 11) is 0. The van der Waals surface area contributed by atoms with Crippen LogP contribution < -0.4 is 5.32 Å². The minimum atomic E-state index is 0.237. The van der Waals surface area contributed by atoms with Gasteiger partial charge in [0.15, 0.2) is 0 Å². The Bertz CT molecular complexity index is 505. The Morgan fingerprint density at radius 2 is 2.39 bits per heavy atom. The smallest absolute Gasteiger partial charge is 0.121 e. The Hall–Kier alpha value is -1.61. The lowest BCUT2D eigenvalue weighted by Gasteiger charge is -2.22. The number of fused-ring (bicyclic) bond motifs is 1. The van der Waals surface area contributed by atoms with Crippen LogP contribution in [0.1, 0.15) is 42.3 Å². The summed E-state index contributed by atoms with van der Waals surface area (Å²) < 4.78 is 5.59. The van der Waals surface area contributed by atoms with Gasteiger partial charge in [0, 0.05) is 17.8 Å². The second kappa shape index (κ2) is 4.94. The number of nitrogens with one attached hydrogen (secondary N) is 1. The Labute approximate surface area is 107 Å². The van der Waals surface area contributed by atoms with E-state index in [0.717, 1.165) is 25.1 Å². The molecular formula is C15H18N2O. The van der Waals surface area contributed by atoms with Crippen molar-refractivity contribution in [1.29, 1.82) is 0 Å². The summed E-state index contributed by atoms with van der Waals surface area (Å²) in [5.74, 6) is 1.44. The minimum absolute atomic E-state index is 0.237. The molecule has 2 heterocycles. The van der Waals surface area contributed by atoms with Crippen molar-refractivity contribution >= 4 is 0 Å². The van der Waals surface area contributed by atoms with Gasteiger partial charge in [-0.2, -0.15) is 0 Å². The molecule has 2 unspecified atom stereocenters. The number of hydrogen-bond acceptors (Lipinski definition) is 3. The number of aromatic nitrogens is 1. The van der Waals surface area contributed by atoms with E-state index in [1.165, 1.54) is 11.3 Å². The first kappa shape index (κ1) is 11.5. The van der Waals surface area contributed by atoms with Crippen molar-refractivity contribution in [2.75, 3.05) is 6.54 Å². The minimum Gasteiger partial charge on any atom is -0.468 e. The molecule has 0 saturated heterocycles. The molecule has 2 aromatic heterocycles. The maximum Gasteiger partial charge on any atom is 0.121 e. The molecule has 0 fully saturated rings. The normalized spacial score (nSPS) is 19.7. The van der Waals surface area contributed by atoms with E-state index in [4.69, 9.17) is 4.42 Å². The Morgan fingerprint density at radius 1 is 1.44 bits per heavy atom. The standard InChI is InChI=1S/C15H18N2O/c1-2-16-15(13-6-4-10-18-13)12-8-7-11-5-3-9-17-14(11)12/h3-6,9-10,12,15-16H,2,7-8H2,1H3. The van der Waals surface area contributed by atoms with Gasteiger partial charge in [0.05, 0.1) is 12.3 Å². The molecule has 3 rings (SSSR count). The van der Waals surface area contributed by atoms with Crippen LogP contribution in [0.5, 0.6) is 0 Å². The maximum atomic E-state index is 5.59. The first-order valence-corrected chi connectivity index (χ1v) is 6.60. The van der Waals surface area contributed by atoms with Gasteiger partial charge in [-0.3, -0.25) is 4.98 Å². The largest absolute Gasteiger partial charge is 0.468 e. The van der Waals surface area contributed by atoms with Crippen LogP contribution in [0.15, 0.2) is 41.1 Å². The summed E-state index contributed by atoms with van der Waals surface area (Å²) in [6, 6.07) is 8.45. The Kier molecular flexibility index (Phi) is 3.15. The molecule has 0 aliphatic heterocycles. The van der Waals surface area contributed by atoms with Crippen LogP contribution in [0.4, 0.5) is 0 Å². The maximum absolute atomic E-state index is 5.59. The van der Waals surface area contributed by atoms with Crippen molar-refractivity contribution in [3.63, 3.8) is 0 Å². The van der Waals surface area contributed by atoms with E-state index in [2.05, 4.69) is 23.3 Å². The molecule has 3 nitrogen and oxygen atoms in total. The number of pyridine rings is 1. The van der Waals surface area contributed by atoms with Crippen molar-refractivity contribution in [3.8, 4) is 0 Å². The third kappa shape index (κ3) is 1.95. The summed E-state index contributed by atoms with van der Waals surface area (Å²) in [5.41, 5.74) is 2.62. The molecule has 0 radical (unpaired) electrons. The van der Waals surface area contributed by atoms with Gasteiger partial charge in [-0.15, -0.1) is 0 Å². The lowest BCUT2D eigenvalue weighted by atomic mass is 9.95. The molecule has 0 bridgehead atoms. The van der Waals surface area contributed by atoms with Crippen LogP contribution in [0.2, 0.25) is 0 Å². The molecule has 2 atom stereocenters. The fourth-order valence-corrected chi connectivity index (χ4v) is 2.90. The quantitative estimate of drug-likeness (QED) is 0.895. The van der Waals surface area contributed by atoms with Crippen LogP contribution in [-0.2, 0) is 6.42 Å². The highest BCUT2D eigenvalue weighted by Crippen LogP contribution is 2.40. The number of hydrogen-bond donors (Lipinski definition) is 1. The van der Waals surface area contributed by atoms with E-state index in [1.807, 2.05) is 24.4 Å². The summed E-state index contributed by atoms with van der Waals surface area (Å²) in [6.45, 7) is 3.06. The number of likely N-dealkylation sites (N-methyl/N-ethyl adjacent to an activating group) is 1. The fraction of sp³-hybridized carbons (Fsp3) is 0.400. The molecule has 1 aliphatic carbocycles. The van der Waals surface area contributed by atoms with Crippen LogP contribution in [0.3, 0.4) is 0 Å². The topological polar surface area (TPSA) is 38.1 Å². The number of aryl methyl sites for hydroxylation is 1. The predicted molar refractivity (Wildman–Crippen MR) is 70.4 cm³/mol. The summed E-state index contributed by atoms with van der Waals surface area (Å²) >= 11 is 0. The van der Waals surface area contributed by atoms with Gasteiger partial charge in [-0.1, -0.05) is 13.0 Å². The van der Waals surface area contributed by atoms with Crippen molar-refractivity contribution in [2.24, 2.45) is 0 Å². The van der Waals surface area contributed by atoms with E-state index in [0.29, 0.717) is 5.92 Å². The lowest BCUT2D eigenvalue weighted by Crippen LogP contribution is -2.26. The zero-order chi connectivity index (χ0) is 12.4. The highest BCUT2D eigenvalue weighted by atomic mass is 16.3. The average Bonchev–Trinajstić information content (AvgIpc) is 3.06. The van der Waals surface area contributed by atoms with Crippen molar-refractivity contribution in [3.05, 3.63) is 53.7 Å². The second-order valence-corrected chi connectivity index (χ2v) is 4.74. The van der Waals surface area contributed by atoms with Gasteiger partial charge in [0.2, 0.25) is 0 Å². The molecule has 0 saturated carbocycles. The first-order chi connectivity index (χ1) is 8.90. The molecule has 1 aliphatic rings. The van der Waals surface area contributed by atoms with Gasteiger partial charge < -0.3 is 9.73 Å². The Morgan fingerprint density at radius 3 is 3.17 bits per heavy atom. The van der Waals surface area contributed by atoms with E-state index in [9.17, 15) is 0 Å². The molecular weight excluding hydrogens is 224 g/mol. The molecule has 1 N–H and O–H groups in total. The van der Waals surface area contributed by atoms with Crippen molar-refractivity contribution < 1.29 is 4.42 Å².